The number of rotatable bonds is 7. The third-order valence-corrected chi connectivity index (χ3v) is 7.29. The summed E-state index contributed by atoms with van der Waals surface area (Å²) in [7, 11) is -3.38. The number of piperazine rings is 1. The molecule has 2 fully saturated rings. The number of hydrogen-bond donors (Lipinski definition) is 1. The van der Waals surface area contributed by atoms with E-state index in [1.807, 2.05) is 19.1 Å². The van der Waals surface area contributed by atoms with Gasteiger partial charge in [-0.25, -0.2) is 14.7 Å². The van der Waals surface area contributed by atoms with Crippen LogP contribution < -0.4 is 14.5 Å². The van der Waals surface area contributed by atoms with E-state index in [4.69, 9.17) is 0 Å². The van der Waals surface area contributed by atoms with Gasteiger partial charge in [-0.3, -0.25) is 0 Å². The molecule has 0 bridgehead atoms. The first-order valence-corrected chi connectivity index (χ1v) is 12.1. The minimum absolute atomic E-state index is 0.344. The Morgan fingerprint density at radius 2 is 1.60 bits per heavy atom. The second kappa shape index (κ2) is 9.28. The zero-order valence-electron chi connectivity index (χ0n) is 17.5. The van der Waals surface area contributed by atoms with Gasteiger partial charge in [0.1, 0.15) is 11.6 Å². The fraction of sp³-hybridized carbons (Fsp3) is 0.524. The first kappa shape index (κ1) is 21.0. The summed E-state index contributed by atoms with van der Waals surface area (Å²) in [5.74, 6) is 1.64. The predicted octanol–water partition coefficient (Wildman–Crippen LogP) is 1.58. The maximum atomic E-state index is 12.3. The Bertz CT molecular complexity index is 939. The van der Waals surface area contributed by atoms with Gasteiger partial charge in [0, 0.05) is 69.7 Å². The van der Waals surface area contributed by atoms with Crippen molar-refractivity contribution in [2.45, 2.75) is 26.2 Å². The summed E-state index contributed by atoms with van der Waals surface area (Å²) in [5, 5.41) is 0. The highest BCUT2D eigenvalue weighted by atomic mass is 32.2. The molecular formula is C21H30N6O2S. The van der Waals surface area contributed by atoms with Gasteiger partial charge >= 0.3 is 0 Å². The Balaban J connectivity index is 1.34. The number of benzene rings is 1. The van der Waals surface area contributed by atoms with Crippen LogP contribution in [0, 0.1) is 6.92 Å². The highest BCUT2D eigenvalue weighted by Crippen LogP contribution is 2.20. The second-order valence-electron chi connectivity index (χ2n) is 7.83. The van der Waals surface area contributed by atoms with E-state index in [0.717, 1.165) is 56.4 Å². The number of aromatic nitrogens is 2. The van der Waals surface area contributed by atoms with Crippen molar-refractivity contribution in [1.29, 1.82) is 0 Å². The van der Waals surface area contributed by atoms with E-state index in [1.54, 1.807) is 0 Å². The molecule has 0 amide bonds. The van der Waals surface area contributed by atoms with E-state index in [-0.39, 0.29) is 0 Å². The Morgan fingerprint density at radius 3 is 2.30 bits per heavy atom. The van der Waals surface area contributed by atoms with E-state index in [1.165, 1.54) is 9.99 Å². The van der Waals surface area contributed by atoms with Crippen molar-refractivity contribution >= 4 is 21.7 Å². The molecule has 0 radical (unpaired) electrons. The average molecular weight is 431 g/mol. The molecule has 2 aliphatic rings. The Labute approximate surface area is 179 Å². The molecule has 2 aromatic rings. The van der Waals surface area contributed by atoms with Crippen molar-refractivity contribution < 1.29 is 8.42 Å². The molecule has 0 atom stereocenters. The molecular weight excluding hydrogens is 400 g/mol. The van der Waals surface area contributed by atoms with Crippen molar-refractivity contribution in [3.63, 3.8) is 0 Å². The zero-order valence-corrected chi connectivity index (χ0v) is 18.3. The molecule has 2 aliphatic heterocycles. The van der Waals surface area contributed by atoms with Crippen molar-refractivity contribution in [1.82, 2.24) is 19.0 Å². The molecule has 1 N–H and O–H groups in total. The lowest BCUT2D eigenvalue weighted by Crippen LogP contribution is -2.47. The largest absolute Gasteiger partial charge is 0.368 e. The molecule has 162 valence electrons. The minimum atomic E-state index is -3.38. The van der Waals surface area contributed by atoms with Gasteiger partial charge in [0.2, 0.25) is 0 Å². The van der Waals surface area contributed by atoms with Crippen LogP contribution in [-0.2, 0) is 16.6 Å². The summed E-state index contributed by atoms with van der Waals surface area (Å²) in [6.07, 6.45) is 2.42. The first-order valence-electron chi connectivity index (χ1n) is 10.7. The van der Waals surface area contributed by atoms with Crippen LogP contribution in [0.25, 0.3) is 0 Å². The Morgan fingerprint density at radius 1 is 0.933 bits per heavy atom. The van der Waals surface area contributed by atoms with E-state index >= 15 is 0 Å². The van der Waals surface area contributed by atoms with Gasteiger partial charge in [-0.1, -0.05) is 18.2 Å². The molecule has 3 heterocycles. The van der Waals surface area contributed by atoms with Crippen LogP contribution in [0.3, 0.4) is 0 Å². The van der Waals surface area contributed by atoms with Crippen LogP contribution in [0.1, 0.15) is 24.4 Å². The first-order chi connectivity index (χ1) is 14.5. The third-order valence-electron chi connectivity index (χ3n) is 5.67. The van der Waals surface area contributed by atoms with Crippen LogP contribution >= 0.6 is 0 Å². The highest BCUT2D eigenvalue weighted by Gasteiger charge is 2.24. The van der Waals surface area contributed by atoms with Crippen molar-refractivity contribution in [2.24, 2.45) is 0 Å². The van der Waals surface area contributed by atoms with Crippen LogP contribution in [0.4, 0.5) is 11.5 Å². The SMILES string of the molecule is Cc1nc(CCNS(=O)(=O)N2CCCC2)cc(N2CCN(c3ccccc3)CC2)n1. The maximum Gasteiger partial charge on any atom is 0.279 e. The van der Waals surface area contributed by atoms with Gasteiger partial charge in [0.15, 0.2) is 0 Å². The van der Waals surface area contributed by atoms with E-state index in [2.05, 4.69) is 48.8 Å². The lowest BCUT2D eigenvalue weighted by atomic mass is 10.2. The number of para-hydroxylation sites is 1. The molecule has 8 nitrogen and oxygen atoms in total. The normalized spacial score (nSPS) is 18.2. The molecule has 0 spiro atoms. The smallest absolute Gasteiger partial charge is 0.279 e. The van der Waals surface area contributed by atoms with Crippen molar-refractivity contribution in [2.75, 3.05) is 55.6 Å². The minimum Gasteiger partial charge on any atom is -0.368 e. The highest BCUT2D eigenvalue weighted by molar-refractivity contribution is 7.87. The number of nitrogens with one attached hydrogen (secondary N) is 1. The number of nitrogens with zero attached hydrogens (tertiary/aromatic N) is 5. The van der Waals surface area contributed by atoms with Gasteiger partial charge in [0.25, 0.3) is 10.2 Å². The van der Waals surface area contributed by atoms with E-state index in [9.17, 15) is 8.42 Å². The molecule has 0 unspecified atom stereocenters. The average Bonchev–Trinajstić information content (AvgIpc) is 3.30. The molecule has 30 heavy (non-hydrogen) atoms. The summed E-state index contributed by atoms with van der Waals surface area (Å²) in [4.78, 5) is 13.8. The molecule has 1 aromatic carbocycles. The number of anilines is 2. The molecule has 9 heteroatoms. The van der Waals surface area contributed by atoms with Gasteiger partial charge in [0.05, 0.1) is 0 Å². The Hall–Kier alpha value is -2.23. The van der Waals surface area contributed by atoms with E-state index < -0.39 is 10.2 Å². The van der Waals surface area contributed by atoms with Crippen LogP contribution in [0.2, 0.25) is 0 Å². The van der Waals surface area contributed by atoms with Crippen molar-refractivity contribution in [3.05, 3.63) is 47.9 Å². The quantitative estimate of drug-likeness (QED) is 0.718. The Kier molecular flexibility index (Phi) is 6.50. The second-order valence-corrected chi connectivity index (χ2v) is 9.59. The predicted molar refractivity (Wildman–Crippen MR) is 119 cm³/mol. The standard InChI is InChI=1S/C21H30N6O2S/c1-18-23-19(9-10-22-30(28,29)27-11-5-6-12-27)17-21(24-18)26-15-13-25(14-16-26)20-7-3-2-4-8-20/h2-4,7-8,17,22H,5-6,9-16H2,1H3. The third kappa shape index (κ3) is 5.08. The molecule has 0 aliphatic carbocycles. The van der Waals surface area contributed by atoms with Gasteiger partial charge in [-0.2, -0.15) is 12.7 Å². The fourth-order valence-electron chi connectivity index (χ4n) is 4.06. The number of hydrogen-bond acceptors (Lipinski definition) is 6. The molecule has 4 rings (SSSR count). The van der Waals surface area contributed by atoms with Gasteiger partial charge in [-0.05, 0) is 31.9 Å². The van der Waals surface area contributed by atoms with Gasteiger partial charge < -0.3 is 9.80 Å². The monoisotopic (exact) mass is 430 g/mol. The topological polar surface area (TPSA) is 81.7 Å². The zero-order chi connectivity index (χ0) is 21.0. The summed E-state index contributed by atoms with van der Waals surface area (Å²) in [6.45, 7) is 7.13. The van der Waals surface area contributed by atoms with Gasteiger partial charge in [-0.15, -0.1) is 0 Å². The lowest BCUT2D eigenvalue weighted by Gasteiger charge is -2.36. The fourth-order valence-corrected chi connectivity index (χ4v) is 5.34. The van der Waals surface area contributed by atoms with E-state index in [0.29, 0.717) is 26.1 Å². The van der Waals surface area contributed by atoms with Crippen LogP contribution in [0.15, 0.2) is 36.4 Å². The number of aryl methyl sites for hydroxylation is 1. The molecule has 2 saturated heterocycles. The van der Waals surface area contributed by atoms with Crippen LogP contribution in [0.5, 0.6) is 0 Å². The molecule has 0 saturated carbocycles. The summed E-state index contributed by atoms with van der Waals surface area (Å²) >= 11 is 0. The summed E-state index contributed by atoms with van der Waals surface area (Å²) in [5.41, 5.74) is 2.12. The summed E-state index contributed by atoms with van der Waals surface area (Å²) in [6, 6.07) is 12.5. The van der Waals surface area contributed by atoms with Crippen LogP contribution in [-0.4, -0.2) is 68.5 Å². The maximum absolute atomic E-state index is 12.3. The summed E-state index contributed by atoms with van der Waals surface area (Å²) < 4.78 is 28.9. The van der Waals surface area contributed by atoms with Crippen molar-refractivity contribution in [3.8, 4) is 0 Å². The lowest BCUT2D eigenvalue weighted by molar-refractivity contribution is 0.465. The molecule has 1 aromatic heterocycles.